The monoisotopic (exact) mass is 1360 g/mol. The van der Waals surface area contributed by atoms with Crippen LogP contribution in [0.2, 0.25) is 0 Å². The molecule has 4 atom stereocenters. The Morgan fingerprint density at radius 1 is 0.363 bits per heavy atom. The number of anilines is 2. The van der Waals surface area contributed by atoms with Crippen LogP contribution >= 0.6 is 0 Å². The fourth-order valence-corrected chi connectivity index (χ4v) is 14.7. The van der Waals surface area contributed by atoms with Crippen molar-refractivity contribution in [2.24, 2.45) is 11.8 Å². The number of imide groups is 2. The van der Waals surface area contributed by atoms with E-state index in [2.05, 4.69) is 10.6 Å². The number of carbonyl (C=O) groups excluding carboxylic acids is 6. The first-order chi connectivity index (χ1) is 48.9. The largest absolute Gasteiger partial charge is 0.491 e. The molecule has 2 saturated heterocycles. The number of nitrogens with one attached hydrogen (secondary N) is 2. The van der Waals surface area contributed by atoms with Gasteiger partial charge in [0.2, 0.25) is 11.8 Å². The zero-order valence-electron chi connectivity index (χ0n) is 58.8. The van der Waals surface area contributed by atoms with E-state index < -0.39 is 59.4 Å². The van der Waals surface area contributed by atoms with Crippen LogP contribution in [0.3, 0.4) is 0 Å². The van der Waals surface area contributed by atoms with E-state index in [1.165, 1.54) is 0 Å². The van der Waals surface area contributed by atoms with Crippen molar-refractivity contribution in [2.75, 3.05) is 37.1 Å². The summed E-state index contributed by atoms with van der Waals surface area (Å²) < 4.78 is 51.7. The Labute approximate surface area is 589 Å². The lowest BCUT2D eigenvalue weighted by Crippen LogP contribution is -2.54. The molecule has 18 nitrogen and oxygen atoms in total. The molecule has 4 heterocycles. The second-order valence-electron chi connectivity index (χ2n) is 28.3. The molecule has 4 unspecified atom stereocenters. The number of fused-ring (bicyclic) bond motifs is 2. The van der Waals surface area contributed by atoms with Gasteiger partial charge in [0.05, 0.1) is 35.5 Å². The summed E-state index contributed by atoms with van der Waals surface area (Å²) in [6.45, 7) is 24.7. The molecule has 0 saturated carbocycles. The standard InChI is InChI=1S/C84H76N4O14/c1-41(2)77(79(89)85-51-13-17-53(18-14-51)95-37-59-39-97-59)87-81(91)61-33-65(99-55-25-43(5)21-44(6)26-55)71-73-67(101-57-29-47(9)23-48(10)30-57)35-63-70-64(84(94)88(83(63)93)78(42(3)4)80(90)86-52-15-19-54(20-16-52)96-38-60-40-98-60)36-68(102-58-31-49(11)24-50(12)32-58)74(76(70)73)72-66(34-62(82(87)92)69(61)75(71)72)100-56-27-45(7)22-46(8)28-56/h13-36,41-42,59-60,77-78H,37-40H2,1-12H3,(H,85,89)(H,86,90). The number of amides is 6. The molecular formula is C84H76N4O14. The Hall–Kier alpha value is -11.3. The van der Waals surface area contributed by atoms with Crippen LogP contribution in [0.1, 0.15) is 114 Å². The normalized spacial score (nSPS) is 16.0. The first kappa shape index (κ1) is 66.5. The fourth-order valence-electron chi connectivity index (χ4n) is 14.7. The molecule has 0 bridgehead atoms. The van der Waals surface area contributed by atoms with E-state index in [9.17, 15) is 0 Å². The number of rotatable bonds is 22. The van der Waals surface area contributed by atoms with Gasteiger partial charge in [0, 0.05) is 54.5 Å². The number of hydrogen-bond donors (Lipinski definition) is 2. The number of epoxide rings is 2. The first-order valence-corrected chi connectivity index (χ1v) is 34.4. The molecule has 0 aliphatic carbocycles. The third kappa shape index (κ3) is 12.6. The lowest BCUT2D eigenvalue weighted by molar-refractivity contribution is -0.121. The Bertz CT molecular complexity index is 4700. The number of nitrogens with zero attached hydrogens (tertiary/aromatic N) is 2. The highest BCUT2D eigenvalue weighted by atomic mass is 16.6. The van der Waals surface area contributed by atoms with Crippen LogP contribution in [0, 0.1) is 67.2 Å². The maximum Gasteiger partial charge on any atom is 0.262 e. The summed E-state index contributed by atoms with van der Waals surface area (Å²) in [5.74, 6) is -2.47. The Balaban J connectivity index is 1.03. The summed E-state index contributed by atoms with van der Waals surface area (Å²) in [5, 5.41) is 8.25. The fraction of sp³-hybridized carbons (Fsp3) is 0.262. The van der Waals surface area contributed by atoms with Crippen LogP contribution in [-0.4, -0.2) is 96.0 Å². The Morgan fingerprint density at radius 2 is 0.608 bits per heavy atom. The van der Waals surface area contributed by atoms with Crippen molar-refractivity contribution in [1.82, 2.24) is 9.80 Å². The van der Waals surface area contributed by atoms with E-state index in [0.29, 0.717) is 105 Å². The minimum Gasteiger partial charge on any atom is -0.491 e. The lowest BCUT2D eigenvalue weighted by Gasteiger charge is -2.37. The molecule has 11 aromatic rings. The van der Waals surface area contributed by atoms with Crippen LogP contribution in [0.4, 0.5) is 11.4 Å². The van der Waals surface area contributed by atoms with Crippen molar-refractivity contribution in [3.8, 4) is 57.5 Å². The van der Waals surface area contributed by atoms with Crippen LogP contribution in [0.25, 0.3) is 43.1 Å². The smallest absolute Gasteiger partial charge is 0.262 e. The zero-order valence-corrected chi connectivity index (χ0v) is 58.8. The highest BCUT2D eigenvalue weighted by Gasteiger charge is 2.47. The van der Waals surface area contributed by atoms with Gasteiger partial charge in [-0.3, -0.25) is 38.6 Å². The molecule has 6 amide bonds. The topological polar surface area (TPSA) is 213 Å². The Morgan fingerprint density at radius 3 is 0.833 bits per heavy atom. The summed E-state index contributed by atoms with van der Waals surface area (Å²) in [6.07, 6.45) is 0.0653. The molecular weight excluding hydrogens is 1290 g/mol. The quantitative estimate of drug-likeness (QED) is 0.0280. The molecule has 4 aliphatic heterocycles. The van der Waals surface area contributed by atoms with Crippen molar-refractivity contribution >= 4 is 89.9 Å². The van der Waals surface area contributed by atoms with E-state index in [1.807, 2.05) is 128 Å². The van der Waals surface area contributed by atoms with Gasteiger partial charge in [-0.1, -0.05) is 52.0 Å². The van der Waals surface area contributed by atoms with Crippen LogP contribution < -0.4 is 39.1 Å². The number of hydrogen-bond acceptors (Lipinski definition) is 14. The van der Waals surface area contributed by atoms with E-state index in [4.69, 9.17) is 37.9 Å². The summed E-state index contributed by atoms with van der Waals surface area (Å²) in [4.78, 5) is 97.8. The molecule has 0 radical (unpaired) electrons. The number of benzene rings is 11. The van der Waals surface area contributed by atoms with Crippen LogP contribution in [0.15, 0.2) is 146 Å². The minimum atomic E-state index is -1.38. The van der Waals surface area contributed by atoms with Gasteiger partial charge in [-0.05, 0) is 233 Å². The number of carbonyl (C=O) groups is 6. The van der Waals surface area contributed by atoms with E-state index >= 15 is 28.8 Å². The lowest BCUT2D eigenvalue weighted by atomic mass is 9.80. The molecule has 11 aromatic carbocycles. The highest BCUT2D eigenvalue weighted by Crippen LogP contribution is 2.58. The molecule has 4 aliphatic rings. The molecule has 0 aromatic heterocycles. The van der Waals surface area contributed by atoms with E-state index in [-0.39, 0.29) is 68.2 Å². The van der Waals surface area contributed by atoms with Crippen molar-refractivity contribution in [2.45, 2.75) is 107 Å². The van der Waals surface area contributed by atoms with E-state index in [0.717, 1.165) is 54.3 Å². The SMILES string of the molecule is Cc1cc(C)cc(Oc2cc3c4c(cc(Oc5cc(C)cc(C)c5)c5c6c(Oc7cc(C)cc(C)c7)cc7c8c(cc(Oc9cc(C)cc(C)c9)c(c2c45)c86)C(=O)N(C(C(=O)Nc2ccc(OCC4CO4)cc2)C(C)C)C7=O)C(=O)N(C(C(=O)Nc2ccc(OCC4CO4)cc2)C(C)C)C3=O)c1. The maximum absolute atomic E-state index is 16.4. The van der Waals surface area contributed by atoms with Crippen molar-refractivity contribution in [3.63, 3.8) is 0 Å². The summed E-state index contributed by atoms with van der Waals surface area (Å²) >= 11 is 0. The predicted molar refractivity (Wildman–Crippen MR) is 390 cm³/mol. The second-order valence-corrected chi connectivity index (χ2v) is 28.3. The minimum absolute atomic E-state index is 0.0241. The van der Waals surface area contributed by atoms with Crippen LogP contribution in [-0.2, 0) is 19.1 Å². The van der Waals surface area contributed by atoms with Crippen LogP contribution in [0.5, 0.6) is 57.5 Å². The maximum atomic E-state index is 16.4. The number of aryl methyl sites for hydroxylation is 8. The van der Waals surface area contributed by atoms with Gasteiger partial charge in [-0.2, -0.15) is 0 Å². The third-order valence-electron chi connectivity index (χ3n) is 18.9. The molecule has 102 heavy (non-hydrogen) atoms. The van der Waals surface area contributed by atoms with Crippen molar-refractivity contribution in [3.05, 3.63) is 212 Å². The molecule has 2 fully saturated rings. The summed E-state index contributed by atoms with van der Waals surface area (Å²) in [5.41, 5.74) is 7.88. The van der Waals surface area contributed by atoms with Gasteiger partial charge < -0.3 is 48.5 Å². The van der Waals surface area contributed by atoms with E-state index in [1.54, 1.807) is 100 Å². The van der Waals surface area contributed by atoms with Crippen molar-refractivity contribution < 1.29 is 66.7 Å². The van der Waals surface area contributed by atoms with Gasteiger partial charge >= 0.3 is 0 Å². The second kappa shape index (κ2) is 26.0. The van der Waals surface area contributed by atoms with Gasteiger partial charge in [-0.25, -0.2) is 0 Å². The Kier molecular flexibility index (Phi) is 17.0. The summed E-state index contributed by atoms with van der Waals surface area (Å²) in [7, 11) is 0. The molecule has 15 rings (SSSR count). The predicted octanol–water partition coefficient (Wildman–Crippen LogP) is 17.4. The first-order valence-electron chi connectivity index (χ1n) is 34.4. The third-order valence-corrected chi connectivity index (χ3v) is 18.9. The number of ether oxygens (including phenoxy) is 8. The van der Waals surface area contributed by atoms with Crippen molar-refractivity contribution in [1.29, 1.82) is 0 Å². The average Bonchev–Trinajstić information content (AvgIpc) is 0.920. The van der Waals surface area contributed by atoms with Gasteiger partial charge in [0.15, 0.2) is 0 Å². The summed E-state index contributed by atoms with van der Waals surface area (Å²) in [6, 6.07) is 40.4. The molecule has 18 heteroatoms. The van der Waals surface area contributed by atoms with Gasteiger partial charge in [0.1, 0.15) is 95.0 Å². The van der Waals surface area contributed by atoms with Gasteiger partial charge in [0.25, 0.3) is 23.6 Å². The van der Waals surface area contributed by atoms with Gasteiger partial charge in [-0.15, -0.1) is 0 Å². The highest BCUT2D eigenvalue weighted by molar-refractivity contribution is 6.45. The zero-order chi connectivity index (χ0) is 71.4. The molecule has 0 spiro atoms. The molecule has 516 valence electrons. The average molecular weight is 1370 g/mol. The molecule has 2 N–H and O–H groups in total.